The van der Waals surface area contributed by atoms with Crippen LogP contribution in [0.1, 0.15) is 50.1 Å². The second-order valence-electron chi connectivity index (χ2n) is 8.33. The fourth-order valence-electron chi connectivity index (χ4n) is 4.86. The van der Waals surface area contributed by atoms with Crippen LogP contribution in [0.25, 0.3) is 21.9 Å². The zero-order chi connectivity index (χ0) is 19.6. The molecule has 0 aliphatic heterocycles. The zero-order valence-corrected chi connectivity index (χ0v) is 16.7. The first kappa shape index (κ1) is 18.1. The molecular weight excluding hydrogens is 358 g/mol. The smallest absolute Gasteiger partial charge is 0.145 e. The number of benzene rings is 1. The van der Waals surface area contributed by atoms with Crippen molar-refractivity contribution in [1.82, 2.24) is 19.5 Å². The first-order chi connectivity index (χ1) is 14.3. The Morgan fingerprint density at radius 2 is 1.97 bits per heavy atom. The highest BCUT2D eigenvalue weighted by atomic mass is 15.1. The predicted octanol–water partition coefficient (Wildman–Crippen LogP) is 5.32. The van der Waals surface area contributed by atoms with Gasteiger partial charge in [0.15, 0.2) is 0 Å². The van der Waals surface area contributed by atoms with Crippen molar-refractivity contribution in [2.75, 3.05) is 5.73 Å². The number of rotatable bonds is 6. The predicted molar refractivity (Wildman–Crippen MR) is 118 cm³/mol. The van der Waals surface area contributed by atoms with Gasteiger partial charge in [0.25, 0.3) is 0 Å². The Kier molecular flexibility index (Phi) is 4.88. The molecule has 0 radical (unpaired) electrons. The third-order valence-corrected chi connectivity index (χ3v) is 6.42. The molecule has 3 heterocycles. The molecule has 2 atom stereocenters. The lowest BCUT2D eigenvalue weighted by atomic mass is 9.98. The first-order valence-electron chi connectivity index (χ1n) is 10.7. The quantitative estimate of drug-likeness (QED) is 0.456. The maximum atomic E-state index is 5.99. The van der Waals surface area contributed by atoms with Crippen molar-refractivity contribution in [2.45, 2.75) is 51.0 Å². The van der Waals surface area contributed by atoms with Gasteiger partial charge in [0, 0.05) is 23.8 Å². The van der Waals surface area contributed by atoms with Crippen LogP contribution in [0, 0.1) is 5.92 Å². The number of aromatic nitrogens is 4. The monoisotopic (exact) mass is 385 g/mol. The van der Waals surface area contributed by atoms with E-state index in [1.165, 1.54) is 49.5 Å². The molecular formula is C24H27N5. The molecule has 1 aliphatic rings. The molecule has 0 amide bonds. The van der Waals surface area contributed by atoms with Crippen LogP contribution in [0.2, 0.25) is 0 Å². The summed E-state index contributed by atoms with van der Waals surface area (Å²) in [6, 6.07) is 13.2. The van der Waals surface area contributed by atoms with Gasteiger partial charge in [0.05, 0.1) is 10.9 Å². The van der Waals surface area contributed by atoms with Crippen molar-refractivity contribution in [3.63, 3.8) is 0 Å². The van der Waals surface area contributed by atoms with Crippen LogP contribution in [-0.2, 0) is 6.42 Å². The first-order valence-corrected chi connectivity index (χ1v) is 10.7. The van der Waals surface area contributed by atoms with E-state index in [4.69, 9.17) is 5.73 Å². The van der Waals surface area contributed by atoms with Gasteiger partial charge in [0.1, 0.15) is 17.8 Å². The summed E-state index contributed by atoms with van der Waals surface area (Å²) in [5.74, 6) is 1.39. The number of fused-ring (bicyclic) bond motifs is 2. The number of unbranched alkanes of at least 4 members (excludes halogenated alkanes) is 1. The molecule has 1 aliphatic carbocycles. The van der Waals surface area contributed by atoms with Gasteiger partial charge in [-0.05, 0) is 61.8 Å². The normalized spacial score (nSPS) is 19.3. The number of hydrogen-bond donors (Lipinski definition) is 1. The van der Waals surface area contributed by atoms with Gasteiger partial charge in [-0.1, -0.05) is 31.0 Å². The molecule has 5 heteroatoms. The average Bonchev–Trinajstić information content (AvgIpc) is 3.39. The molecule has 1 saturated carbocycles. The van der Waals surface area contributed by atoms with Gasteiger partial charge in [0.2, 0.25) is 0 Å². The summed E-state index contributed by atoms with van der Waals surface area (Å²) >= 11 is 0. The number of hydrogen-bond acceptors (Lipinski definition) is 4. The molecule has 0 bridgehead atoms. The highest BCUT2D eigenvalue weighted by Gasteiger charge is 2.26. The summed E-state index contributed by atoms with van der Waals surface area (Å²) in [5, 5.41) is 2.21. The van der Waals surface area contributed by atoms with E-state index >= 15 is 0 Å². The molecule has 29 heavy (non-hydrogen) atoms. The third-order valence-electron chi connectivity index (χ3n) is 6.42. The summed E-state index contributed by atoms with van der Waals surface area (Å²) in [6.07, 6.45) is 14.5. The number of anilines is 1. The van der Waals surface area contributed by atoms with E-state index in [0.717, 1.165) is 28.9 Å². The van der Waals surface area contributed by atoms with Crippen molar-refractivity contribution in [1.29, 1.82) is 0 Å². The van der Waals surface area contributed by atoms with Gasteiger partial charge in [-0.15, -0.1) is 0 Å². The maximum absolute atomic E-state index is 5.99. The summed E-state index contributed by atoms with van der Waals surface area (Å²) in [4.78, 5) is 13.2. The van der Waals surface area contributed by atoms with E-state index in [1.807, 2.05) is 12.3 Å². The van der Waals surface area contributed by atoms with Gasteiger partial charge in [-0.25, -0.2) is 9.97 Å². The van der Waals surface area contributed by atoms with E-state index in [0.29, 0.717) is 11.9 Å². The lowest BCUT2D eigenvalue weighted by Gasteiger charge is -2.14. The fourth-order valence-corrected chi connectivity index (χ4v) is 4.86. The van der Waals surface area contributed by atoms with Gasteiger partial charge >= 0.3 is 0 Å². The van der Waals surface area contributed by atoms with Gasteiger partial charge in [-0.2, -0.15) is 0 Å². The van der Waals surface area contributed by atoms with E-state index in [9.17, 15) is 0 Å². The third kappa shape index (κ3) is 3.69. The Balaban J connectivity index is 1.14. The molecule has 1 fully saturated rings. The highest BCUT2D eigenvalue weighted by molar-refractivity contribution is 5.86. The lowest BCUT2D eigenvalue weighted by molar-refractivity contribution is 0.443. The SMILES string of the molecule is Nc1ncnc2c1ccn2C1CCC(CCCCc2cnc3ccccc3c2)C1. The molecule has 2 N–H and O–H groups in total. The van der Waals surface area contributed by atoms with Crippen molar-refractivity contribution in [3.8, 4) is 0 Å². The second-order valence-corrected chi connectivity index (χ2v) is 8.33. The minimum absolute atomic E-state index is 0.538. The molecule has 1 aromatic carbocycles. The fraction of sp³-hybridized carbons (Fsp3) is 0.375. The zero-order valence-electron chi connectivity index (χ0n) is 16.7. The number of pyridine rings is 1. The Hall–Kier alpha value is -2.95. The summed E-state index contributed by atoms with van der Waals surface area (Å²) in [7, 11) is 0. The van der Waals surface area contributed by atoms with E-state index in [1.54, 1.807) is 6.33 Å². The number of aryl methyl sites for hydroxylation is 1. The van der Waals surface area contributed by atoms with Crippen LogP contribution < -0.4 is 5.73 Å². The van der Waals surface area contributed by atoms with Crippen LogP contribution in [0.4, 0.5) is 5.82 Å². The van der Waals surface area contributed by atoms with E-state index in [-0.39, 0.29) is 0 Å². The highest BCUT2D eigenvalue weighted by Crippen LogP contribution is 2.39. The van der Waals surface area contributed by atoms with Crippen LogP contribution in [-0.4, -0.2) is 19.5 Å². The van der Waals surface area contributed by atoms with Gasteiger partial charge < -0.3 is 10.3 Å². The number of nitrogens with zero attached hydrogens (tertiary/aromatic N) is 4. The maximum Gasteiger partial charge on any atom is 0.145 e. The summed E-state index contributed by atoms with van der Waals surface area (Å²) in [6.45, 7) is 0. The Morgan fingerprint density at radius 3 is 2.93 bits per heavy atom. The molecule has 0 spiro atoms. The summed E-state index contributed by atoms with van der Waals surface area (Å²) < 4.78 is 2.31. The second kappa shape index (κ2) is 7.82. The van der Waals surface area contributed by atoms with Crippen LogP contribution >= 0.6 is 0 Å². The van der Waals surface area contributed by atoms with Crippen molar-refractivity contribution in [2.24, 2.45) is 5.92 Å². The molecule has 3 aromatic heterocycles. The number of para-hydroxylation sites is 1. The largest absolute Gasteiger partial charge is 0.383 e. The molecule has 5 nitrogen and oxygen atoms in total. The topological polar surface area (TPSA) is 69.6 Å². The minimum Gasteiger partial charge on any atom is -0.383 e. The van der Waals surface area contributed by atoms with Crippen molar-refractivity contribution >= 4 is 27.8 Å². The van der Waals surface area contributed by atoms with Crippen LogP contribution in [0.5, 0.6) is 0 Å². The Morgan fingerprint density at radius 1 is 1.03 bits per heavy atom. The number of nitrogens with two attached hydrogens (primary N) is 1. The molecule has 148 valence electrons. The summed E-state index contributed by atoms with van der Waals surface area (Å²) in [5.41, 5.74) is 9.40. The van der Waals surface area contributed by atoms with Crippen molar-refractivity contribution < 1.29 is 0 Å². The molecule has 5 rings (SSSR count). The van der Waals surface area contributed by atoms with Crippen molar-refractivity contribution in [3.05, 3.63) is 60.7 Å². The van der Waals surface area contributed by atoms with E-state index < -0.39 is 0 Å². The number of nitrogen functional groups attached to an aromatic ring is 1. The van der Waals surface area contributed by atoms with E-state index in [2.05, 4.69) is 56.0 Å². The van der Waals surface area contributed by atoms with Crippen LogP contribution in [0.15, 0.2) is 55.1 Å². The average molecular weight is 386 g/mol. The molecule has 0 saturated heterocycles. The molecule has 2 unspecified atom stereocenters. The minimum atomic E-state index is 0.538. The van der Waals surface area contributed by atoms with Crippen LogP contribution in [0.3, 0.4) is 0 Å². The Labute approximate surface area is 171 Å². The standard InChI is InChI=1S/C24H27N5/c25-23-21-11-12-29(24(21)28-16-27-23)20-10-9-17(14-20)5-1-2-6-18-13-19-7-3-4-8-22(19)26-15-18/h3-4,7-8,11-13,15-17,20H,1-2,5-6,9-10,14H2,(H2,25,27,28). The van der Waals surface area contributed by atoms with Gasteiger partial charge in [-0.3, -0.25) is 4.98 Å². The molecule has 4 aromatic rings. The lowest BCUT2D eigenvalue weighted by Crippen LogP contribution is -2.06. The Bertz CT molecular complexity index is 1130.